The Kier molecular flexibility index (Phi) is 9.29. The summed E-state index contributed by atoms with van der Waals surface area (Å²) in [5, 5.41) is 9.74. The van der Waals surface area contributed by atoms with E-state index >= 15 is 0 Å². The molecule has 0 unspecified atom stereocenters. The normalized spacial score (nSPS) is 21.7. The van der Waals surface area contributed by atoms with Crippen molar-refractivity contribution < 1.29 is 18.9 Å². The quantitative estimate of drug-likeness (QED) is 0.387. The number of nitrogens with one attached hydrogen (secondary N) is 2. The molecule has 6 rings (SSSR count). The zero-order valence-electron chi connectivity index (χ0n) is 25.3. The summed E-state index contributed by atoms with van der Waals surface area (Å²) in [7, 11) is 0. The molecule has 2 saturated carbocycles. The SMILES string of the molecule is O=C(N[C@@H](CC1CCCCC1)C(=O)N[C@@H](CC1CCCCC1)C(=O)N1CCC2(C=Cc3ccccc32)CC1)c1ccno1. The first-order valence-electron chi connectivity index (χ1n) is 16.6. The Morgan fingerprint density at radius 2 is 1.51 bits per heavy atom. The van der Waals surface area contributed by atoms with Crippen molar-refractivity contribution >= 4 is 23.8 Å². The number of rotatable bonds is 9. The molecule has 1 aromatic carbocycles. The van der Waals surface area contributed by atoms with Crippen LogP contribution in [0.3, 0.4) is 0 Å². The van der Waals surface area contributed by atoms with Gasteiger partial charge in [-0.1, -0.05) is 106 Å². The van der Waals surface area contributed by atoms with Gasteiger partial charge in [-0.15, -0.1) is 0 Å². The number of amides is 3. The summed E-state index contributed by atoms with van der Waals surface area (Å²) < 4.78 is 5.07. The van der Waals surface area contributed by atoms with E-state index in [0.717, 1.165) is 51.4 Å². The van der Waals surface area contributed by atoms with Crippen molar-refractivity contribution in [3.05, 3.63) is 59.5 Å². The van der Waals surface area contributed by atoms with E-state index in [2.05, 4.69) is 52.2 Å². The first-order chi connectivity index (χ1) is 21.0. The van der Waals surface area contributed by atoms with E-state index in [-0.39, 0.29) is 23.0 Å². The van der Waals surface area contributed by atoms with Gasteiger partial charge in [0.15, 0.2) is 0 Å². The summed E-state index contributed by atoms with van der Waals surface area (Å²) in [5.74, 6) is 0.170. The number of aromatic nitrogens is 1. The van der Waals surface area contributed by atoms with Crippen LogP contribution in [0.4, 0.5) is 0 Å². The van der Waals surface area contributed by atoms with Crippen molar-refractivity contribution in [1.29, 1.82) is 0 Å². The lowest BCUT2D eigenvalue weighted by Crippen LogP contribution is -2.56. The van der Waals surface area contributed by atoms with Crippen LogP contribution in [0.1, 0.15) is 112 Å². The molecule has 0 bridgehead atoms. The Labute approximate surface area is 255 Å². The Morgan fingerprint density at radius 3 is 2.16 bits per heavy atom. The van der Waals surface area contributed by atoms with Crippen LogP contribution in [0.15, 0.2) is 47.1 Å². The number of carbonyl (C=O) groups excluding carboxylic acids is 3. The highest BCUT2D eigenvalue weighted by Crippen LogP contribution is 2.43. The van der Waals surface area contributed by atoms with Crippen LogP contribution in [0.2, 0.25) is 0 Å². The molecule has 1 aliphatic heterocycles. The number of benzene rings is 1. The number of likely N-dealkylation sites (tertiary alicyclic amines) is 1. The lowest BCUT2D eigenvalue weighted by Gasteiger charge is -2.41. The molecule has 2 aromatic rings. The molecular weight excluding hydrogens is 540 g/mol. The van der Waals surface area contributed by atoms with E-state index in [1.54, 1.807) is 0 Å². The van der Waals surface area contributed by atoms with Crippen molar-refractivity contribution in [1.82, 2.24) is 20.7 Å². The summed E-state index contributed by atoms with van der Waals surface area (Å²) in [4.78, 5) is 43.0. The number of allylic oxidation sites excluding steroid dienone is 1. The van der Waals surface area contributed by atoms with Crippen LogP contribution in [-0.4, -0.2) is 53.0 Å². The van der Waals surface area contributed by atoms with Gasteiger partial charge in [-0.3, -0.25) is 14.4 Å². The molecule has 8 nitrogen and oxygen atoms in total. The molecule has 43 heavy (non-hydrogen) atoms. The van der Waals surface area contributed by atoms with Crippen LogP contribution in [-0.2, 0) is 15.0 Å². The van der Waals surface area contributed by atoms with Crippen LogP contribution < -0.4 is 10.6 Å². The molecule has 2 atom stereocenters. The predicted molar refractivity (Wildman–Crippen MR) is 165 cm³/mol. The molecule has 2 N–H and O–H groups in total. The molecule has 3 fully saturated rings. The van der Waals surface area contributed by atoms with Gasteiger partial charge in [0.05, 0.1) is 6.20 Å². The van der Waals surface area contributed by atoms with Crippen LogP contribution in [0.5, 0.6) is 0 Å². The summed E-state index contributed by atoms with van der Waals surface area (Å²) >= 11 is 0. The van der Waals surface area contributed by atoms with Gasteiger partial charge in [-0.2, -0.15) is 0 Å². The van der Waals surface area contributed by atoms with Crippen molar-refractivity contribution in [2.45, 2.75) is 107 Å². The maximum Gasteiger partial charge on any atom is 0.290 e. The molecule has 1 spiro atoms. The van der Waals surface area contributed by atoms with E-state index in [4.69, 9.17) is 4.52 Å². The van der Waals surface area contributed by atoms with E-state index < -0.39 is 18.0 Å². The third-order valence-electron chi connectivity index (χ3n) is 10.5. The Hall–Kier alpha value is -3.42. The second-order valence-corrected chi connectivity index (χ2v) is 13.3. The molecule has 1 aromatic heterocycles. The van der Waals surface area contributed by atoms with Crippen molar-refractivity contribution in [2.75, 3.05) is 13.1 Å². The standard InChI is InChI=1S/C35H46N4O4/c40-32(29(23-25-9-3-1-4-10-25)37-33(41)31-16-20-36-43-31)38-30(24-26-11-5-2-6-12-26)34(42)39-21-18-35(19-22-39)17-15-27-13-7-8-14-28(27)35/h7-8,13-17,20,25-26,29-30H,1-6,9-12,18-19,21-24H2,(H,37,41)(H,38,40)/t29-,30-/m0/s1. The maximum absolute atomic E-state index is 14.2. The molecule has 3 amide bonds. The highest BCUT2D eigenvalue weighted by molar-refractivity contribution is 5.96. The smallest absolute Gasteiger partial charge is 0.290 e. The van der Waals surface area contributed by atoms with Gasteiger partial charge in [0.2, 0.25) is 17.6 Å². The fourth-order valence-electron chi connectivity index (χ4n) is 8.02. The van der Waals surface area contributed by atoms with Gasteiger partial charge >= 0.3 is 0 Å². The molecule has 4 aliphatic rings. The summed E-state index contributed by atoms with van der Waals surface area (Å²) in [6, 6.07) is 8.75. The molecule has 8 heteroatoms. The van der Waals surface area contributed by atoms with Gasteiger partial charge < -0.3 is 20.1 Å². The third kappa shape index (κ3) is 6.89. The van der Waals surface area contributed by atoms with Crippen LogP contribution >= 0.6 is 0 Å². The van der Waals surface area contributed by atoms with E-state index in [9.17, 15) is 14.4 Å². The maximum atomic E-state index is 14.2. The minimum Gasteiger partial charge on any atom is -0.351 e. The second kappa shape index (κ2) is 13.5. The Bertz CT molecular complexity index is 1280. The van der Waals surface area contributed by atoms with E-state index in [1.165, 1.54) is 49.1 Å². The van der Waals surface area contributed by atoms with Gasteiger partial charge in [-0.05, 0) is 48.6 Å². The molecular formula is C35H46N4O4. The first kappa shape index (κ1) is 29.6. The lowest BCUT2D eigenvalue weighted by molar-refractivity contribution is -0.138. The van der Waals surface area contributed by atoms with Crippen molar-refractivity contribution in [3.8, 4) is 0 Å². The first-order valence-corrected chi connectivity index (χ1v) is 16.6. The fourth-order valence-corrected chi connectivity index (χ4v) is 8.02. The van der Waals surface area contributed by atoms with E-state index in [1.807, 2.05) is 4.90 Å². The topological polar surface area (TPSA) is 105 Å². The molecule has 2 heterocycles. The molecule has 230 valence electrons. The highest BCUT2D eigenvalue weighted by Gasteiger charge is 2.41. The summed E-state index contributed by atoms with van der Waals surface area (Å²) in [5.41, 5.74) is 2.63. The zero-order chi connectivity index (χ0) is 29.6. The molecule has 1 saturated heterocycles. The zero-order valence-corrected chi connectivity index (χ0v) is 25.3. The monoisotopic (exact) mass is 586 g/mol. The minimum atomic E-state index is -0.730. The van der Waals surface area contributed by atoms with Gasteiger partial charge in [0.25, 0.3) is 5.91 Å². The van der Waals surface area contributed by atoms with Gasteiger partial charge in [0.1, 0.15) is 12.1 Å². The number of hydrogen-bond donors (Lipinski definition) is 2. The predicted octanol–water partition coefficient (Wildman–Crippen LogP) is 5.79. The highest BCUT2D eigenvalue weighted by atomic mass is 16.5. The van der Waals surface area contributed by atoms with Gasteiger partial charge in [-0.25, -0.2) is 0 Å². The van der Waals surface area contributed by atoms with Crippen molar-refractivity contribution in [2.24, 2.45) is 11.8 Å². The van der Waals surface area contributed by atoms with E-state index in [0.29, 0.717) is 37.8 Å². The number of fused-ring (bicyclic) bond motifs is 2. The fraction of sp³-hybridized carbons (Fsp3) is 0.600. The third-order valence-corrected chi connectivity index (χ3v) is 10.5. The average Bonchev–Trinajstić information content (AvgIpc) is 3.71. The molecule has 0 radical (unpaired) electrons. The largest absolute Gasteiger partial charge is 0.351 e. The Balaban J connectivity index is 1.16. The Morgan fingerprint density at radius 1 is 0.860 bits per heavy atom. The van der Waals surface area contributed by atoms with Crippen LogP contribution in [0.25, 0.3) is 6.08 Å². The van der Waals surface area contributed by atoms with Crippen LogP contribution in [0, 0.1) is 11.8 Å². The number of carbonyl (C=O) groups is 3. The second-order valence-electron chi connectivity index (χ2n) is 13.3. The lowest BCUT2D eigenvalue weighted by atomic mass is 9.74. The number of piperidine rings is 1. The minimum absolute atomic E-state index is 0.00836. The van der Waals surface area contributed by atoms with Gasteiger partial charge in [0, 0.05) is 24.6 Å². The molecule has 3 aliphatic carbocycles. The summed E-state index contributed by atoms with van der Waals surface area (Å²) in [6.45, 7) is 1.34. The summed E-state index contributed by atoms with van der Waals surface area (Å²) in [6.07, 6.45) is 20.4. The van der Waals surface area contributed by atoms with Crippen molar-refractivity contribution in [3.63, 3.8) is 0 Å². The average molecular weight is 587 g/mol. The number of nitrogens with zero attached hydrogens (tertiary/aromatic N) is 2. The number of hydrogen-bond acceptors (Lipinski definition) is 5.